The molecular formula is C25H29N5O3S. The molecule has 0 saturated carbocycles. The summed E-state index contributed by atoms with van der Waals surface area (Å²) in [7, 11) is 3.50. The van der Waals surface area contributed by atoms with Gasteiger partial charge in [0.2, 0.25) is 5.91 Å². The third-order valence-corrected chi connectivity index (χ3v) is 7.02. The number of methoxy groups -OCH3 is 1. The van der Waals surface area contributed by atoms with Crippen molar-refractivity contribution in [1.82, 2.24) is 19.7 Å². The second kappa shape index (κ2) is 11.2. The minimum absolute atomic E-state index is 0.00690. The smallest absolute Gasteiger partial charge is 0.253 e. The van der Waals surface area contributed by atoms with Crippen molar-refractivity contribution in [1.29, 1.82) is 0 Å². The maximum atomic E-state index is 13.1. The highest BCUT2D eigenvalue weighted by atomic mass is 32.2. The number of nitrogens with zero attached hydrogens (tertiary/aromatic N) is 4. The highest BCUT2D eigenvalue weighted by Crippen LogP contribution is 2.24. The van der Waals surface area contributed by atoms with Crippen LogP contribution in [0.1, 0.15) is 28.8 Å². The number of likely N-dealkylation sites (tertiary alicyclic amines) is 1. The van der Waals surface area contributed by atoms with Crippen molar-refractivity contribution in [3.63, 3.8) is 0 Å². The van der Waals surface area contributed by atoms with Gasteiger partial charge in [-0.05, 0) is 61.1 Å². The number of hydrogen-bond donors (Lipinski definition) is 1. The number of carbonyl (C=O) groups is 2. The number of rotatable bonds is 8. The standard InChI is InChI=1S/C25H29N5O3S/c1-29-17-26-28-25(29)34-16-23(31)27-21-5-3-4-20(15-21)24(32)30-12-10-19(11-13-30)14-18-6-8-22(33-2)9-7-18/h3-9,15,17,19H,10-14,16H2,1-2H3,(H,27,31). The molecule has 1 aliphatic heterocycles. The highest BCUT2D eigenvalue weighted by Gasteiger charge is 2.24. The third kappa shape index (κ3) is 6.17. The van der Waals surface area contributed by atoms with Gasteiger partial charge in [-0.2, -0.15) is 0 Å². The number of hydrogen-bond acceptors (Lipinski definition) is 6. The first-order valence-electron chi connectivity index (χ1n) is 11.3. The van der Waals surface area contributed by atoms with Crippen molar-refractivity contribution in [3.05, 3.63) is 66.0 Å². The van der Waals surface area contributed by atoms with Gasteiger partial charge in [0.05, 0.1) is 12.9 Å². The van der Waals surface area contributed by atoms with E-state index in [0.29, 0.717) is 22.3 Å². The molecule has 2 amide bonds. The Morgan fingerprint density at radius 2 is 1.91 bits per heavy atom. The van der Waals surface area contributed by atoms with Crippen molar-refractivity contribution in [2.75, 3.05) is 31.3 Å². The number of amides is 2. The summed E-state index contributed by atoms with van der Waals surface area (Å²) in [6, 6.07) is 15.4. The lowest BCUT2D eigenvalue weighted by atomic mass is 9.90. The van der Waals surface area contributed by atoms with Crippen LogP contribution in [0.5, 0.6) is 5.75 Å². The van der Waals surface area contributed by atoms with Crippen LogP contribution in [-0.2, 0) is 18.3 Å². The SMILES string of the molecule is COc1ccc(CC2CCN(C(=O)c3cccc(NC(=O)CSc4nncn4C)c3)CC2)cc1. The number of anilines is 1. The van der Waals surface area contributed by atoms with E-state index in [4.69, 9.17) is 4.74 Å². The average Bonchev–Trinajstić information content (AvgIpc) is 3.28. The molecule has 8 nitrogen and oxygen atoms in total. The van der Waals surface area contributed by atoms with Crippen LogP contribution in [0.3, 0.4) is 0 Å². The average molecular weight is 480 g/mol. The van der Waals surface area contributed by atoms with Crippen LogP contribution in [0, 0.1) is 5.92 Å². The lowest BCUT2D eigenvalue weighted by Gasteiger charge is -2.32. The fourth-order valence-electron chi connectivity index (χ4n) is 4.08. The van der Waals surface area contributed by atoms with E-state index in [0.717, 1.165) is 38.1 Å². The van der Waals surface area contributed by atoms with Gasteiger partial charge in [0.15, 0.2) is 5.16 Å². The summed E-state index contributed by atoms with van der Waals surface area (Å²) in [5.74, 6) is 1.50. The Kier molecular flexibility index (Phi) is 7.84. The lowest BCUT2D eigenvalue weighted by molar-refractivity contribution is -0.113. The fourth-order valence-corrected chi connectivity index (χ4v) is 4.77. The van der Waals surface area contributed by atoms with E-state index in [-0.39, 0.29) is 17.6 Å². The molecule has 9 heteroatoms. The topological polar surface area (TPSA) is 89.3 Å². The number of ether oxygens (including phenoxy) is 1. The van der Waals surface area contributed by atoms with Gasteiger partial charge < -0.3 is 19.5 Å². The van der Waals surface area contributed by atoms with Gasteiger partial charge >= 0.3 is 0 Å². The molecule has 178 valence electrons. The van der Waals surface area contributed by atoms with Gasteiger partial charge in [-0.25, -0.2) is 0 Å². The molecular weight excluding hydrogens is 450 g/mol. The van der Waals surface area contributed by atoms with Crippen LogP contribution in [-0.4, -0.2) is 57.4 Å². The first-order valence-corrected chi connectivity index (χ1v) is 12.3. The molecule has 3 aromatic rings. The molecule has 1 aliphatic rings. The molecule has 1 N–H and O–H groups in total. The van der Waals surface area contributed by atoms with E-state index in [9.17, 15) is 9.59 Å². The van der Waals surface area contributed by atoms with Crippen molar-refractivity contribution in [3.8, 4) is 5.75 Å². The Morgan fingerprint density at radius 3 is 2.59 bits per heavy atom. The molecule has 2 aromatic carbocycles. The highest BCUT2D eigenvalue weighted by molar-refractivity contribution is 7.99. The van der Waals surface area contributed by atoms with Gasteiger partial charge in [-0.3, -0.25) is 9.59 Å². The van der Waals surface area contributed by atoms with Gasteiger partial charge in [-0.1, -0.05) is 30.0 Å². The van der Waals surface area contributed by atoms with Crippen LogP contribution in [0.25, 0.3) is 0 Å². The molecule has 0 bridgehead atoms. The summed E-state index contributed by atoms with van der Waals surface area (Å²) < 4.78 is 6.99. The largest absolute Gasteiger partial charge is 0.497 e. The molecule has 0 atom stereocenters. The van der Waals surface area contributed by atoms with E-state index in [1.54, 1.807) is 42.3 Å². The summed E-state index contributed by atoms with van der Waals surface area (Å²) in [5, 5.41) is 11.3. The Bertz CT molecular complexity index is 1120. The van der Waals surface area contributed by atoms with Crippen molar-refractivity contribution < 1.29 is 14.3 Å². The van der Waals surface area contributed by atoms with Gasteiger partial charge in [0.1, 0.15) is 12.1 Å². The quantitative estimate of drug-likeness (QED) is 0.496. The summed E-state index contributed by atoms with van der Waals surface area (Å²) in [5.41, 5.74) is 2.50. The third-order valence-electron chi connectivity index (χ3n) is 5.98. The summed E-state index contributed by atoms with van der Waals surface area (Å²) in [4.78, 5) is 27.3. The maximum Gasteiger partial charge on any atom is 0.253 e. The first-order chi connectivity index (χ1) is 16.5. The Labute approximate surface area is 203 Å². The molecule has 34 heavy (non-hydrogen) atoms. The van der Waals surface area contributed by atoms with Crippen LogP contribution in [0.15, 0.2) is 60.0 Å². The summed E-state index contributed by atoms with van der Waals surface area (Å²) in [6.45, 7) is 1.48. The number of thioether (sulfide) groups is 1. The number of nitrogens with one attached hydrogen (secondary N) is 1. The predicted molar refractivity (Wildman–Crippen MR) is 132 cm³/mol. The zero-order valence-corrected chi connectivity index (χ0v) is 20.3. The zero-order chi connectivity index (χ0) is 23.9. The molecule has 4 rings (SSSR count). The fraction of sp³-hybridized carbons (Fsp3) is 0.360. The van der Waals surface area contributed by atoms with E-state index in [1.165, 1.54) is 17.3 Å². The minimum atomic E-state index is -0.156. The van der Waals surface area contributed by atoms with E-state index in [2.05, 4.69) is 27.6 Å². The van der Waals surface area contributed by atoms with Crippen molar-refractivity contribution >= 4 is 29.3 Å². The summed E-state index contributed by atoms with van der Waals surface area (Å²) in [6.07, 6.45) is 4.57. The number of carbonyl (C=O) groups excluding carboxylic acids is 2. The normalized spacial score (nSPS) is 14.1. The maximum absolute atomic E-state index is 13.1. The van der Waals surface area contributed by atoms with Crippen molar-refractivity contribution in [2.24, 2.45) is 13.0 Å². The monoisotopic (exact) mass is 479 g/mol. The van der Waals surface area contributed by atoms with Crippen molar-refractivity contribution in [2.45, 2.75) is 24.4 Å². The van der Waals surface area contributed by atoms with Gasteiger partial charge in [-0.15, -0.1) is 10.2 Å². The second-order valence-corrected chi connectivity index (χ2v) is 9.37. The number of aromatic nitrogens is 3. The van der Waals surface area contributed by atoms with Gasteiger partial charge in [0, 0.05) is 31.4 Å². The van der Waals surface area contributed by atoms with Crippen LogP contribution < -0.4 is 10.1 Å². The Balaban J connectivity index is 1.27. The number of benzene rings is 2. The first kappa shape index (κ1) is 23.8. The molecule has 2 heterocycles. The van der Waals surface area contributed by atoms with Crippen LogP contribution in [0.2, 0.25) is 0 Å². The number of piperidine rings is 1. The molecule has 1 saturated heterocycles. The zero-order valence-electron chi connectivity index (χ0n) is 19.4. The van der Waals surface area contributed by atoms with E-state index < -0.39 is 0 Å². The second-order valence-electron chi connectivity index (χ2n) is 8.43. The van der Waals surface area contributed by atoms with Crippen LogP contribution >= 0.6 is 11.8 Å². The lowest BCUT2D eigenvalue weighted by Crippen LogP contribution is -2.38. The molecule has 0 radical (unpaired) electrons. The summed E-state index contributed by atoms with van der Waals surface area (Å²) >= 11 is 1.31. The Morgan fingerprint density at radius 1 is 1.15 bits per heavy atom. The van der Waals surface area contributed by atoms with E-state index >= 15 is 0 Å². The molecule has 0 spiro atoms. The predicted octanol–water partition coefficient (Wildman–Crippen LogP) is 3.65. The van der Waals surface area contributed by atoms with Crippen LogP contribution in [0.4, 0.5) is 5.69 Å². The minimum Gasteiger partial charge on any atom is -0.497 e. The molecule has 1 fully saturated rings. The molecule has 0 unspecified atom stereocenters. The number of aryl methyl sites for hydroxylation is 1. The molecule has 0 aliphatic carbocycles. The molecule has 1 aromatic heterocycles. The Hall–Kier alpha value is -3.33. The van der Waals surface area contributed by atoms with Gasteiger partial charge in [0.25, 0.3) is 5.91 Å². The van der Waals surface area contributed by atoms with E-state index in [1.807, 2.05) is 24.1 Å².